The van der Waals surface area contributed by atoms with Crippen LogP contribution in [0.5, 0.6) is 0 Å². The van der Waals surface area contributed by atoms with E-state index in [1.54, 1.807) is 23.7 Å². The van der Waals surface area contributed by atoms with E-state index < -0.39 is 12.0 Å². The number of nitrogens with two attached hydrogens (primary N) is 1. The summed E-state index contributed by atoms with van der Waals surface area (Å²) < 4.78 is 0. The minimum absolute atomic E-state index is 0.0662. The lowest BCUT2D eigenvalue weighted by Crippen LogP contribution is -2.42. The van der Waals surface area contributed by atoms with Crippen molar-refractivity contribution < 1.29 is 14.7 Å². The van der Waals surface area contributed by atoms with Gasteiger partial charge >= 0.3 is 5.97 Å². The largest absolute Gasteiger partial charge is 0.481 e. The first-order valence-electron chi connectivity index (χ1n) is 4.70. The molecule has 0 rings (SSSR count). The third-order valence-corrected chi connectivity index (χ3v) is 2.58. The number of carboxylic acids is 1. The summed E-state index contributed by atoms with van der Waals surface area (Å²) in [5, 5.41) is 8.44. The molecule has 6 heteroatoms. The molecule has 1 amide bonds. The molecule has 0 aromatic rings. The zero-order valence-corrected chi connectivity index (χ0v) is 9.92. The van der Waals surface area contributed by atoms with Crippen molar-refractivity contribution in [3.05, 3.63) is 0 Å². The summed E-state index contributed by atoms with van der Waals surface area (Å²) in [6, 6.07) is -0.701. The second kappa shape index (κ2) is 7.53. The Balaban J connectivity index is 3.90. The Hall–Kier alpha value is -0.750. The van der Waals surface area contributed by atoms with Gasteiger partial charge in [-0.3, -0.25) is 9.59 Å². The molecule has 15 heavy (non-hydrogen) atoms. The monoisotopic (exact) mass is 234 g/mol. The van der Waals surface area contributed by atoms with Crippen LogP contribution in [0.3, 0.4) is 0 Å². The Morgan fingerprint density at radius 3 is 2.60 bits per heavy atom. The summed E-state index contributed by atoms with van der Waals surface area (Å²) in [5.41, 5.74) is 5.58. The third-order valence-electron chi connectivity index (χ3n) is 1.99. The van der Waals surface area contributed by atoms with Gasteiger partial charge in [-0.05, 0) is 12.7 Å². The number of likely N-dealkylation sites (N-methyl/N-ethyl adjacent to an activating group) is 1. The van der Waals surface area contributed by atoms with Gasteiger partial charge in [-0.1, -0.05) is 0 Å². The van der Waals surface area contributed by atoms with Crippen molar-refractivity contribution >= 4 is 23.6 Å². The SMILES string of the molecule is CSCCN(C)C(=O)C(N)CCC(=O)O. The first-order chi connectivity index (χ1) is 6.99. The lowest BCUT2D eigenvalue weighted by atomic mass is 10.1. The fraction of sp³-hybridized carbons (Fsp3) is 0.778. The summed E-state index contributed by atoms with van der Waals surface area (Å²) >= 11 is 1.65. The van der Waals surface area contributed by atoms with Crippen molar-refractivity contribution in [3.63, 3.8) is 0 Å². The van der Waals surface area contributed by atoms with Gasteiger partial charge in [-0.2, -0.15) is 11.8 Å². The van der Waals surface area contributed by atoms with E-state index in [1.807, 2.05) is 6.26 Å². The fourth-order valence-corrected chi connectivity index (χ4v) is 1.48. The average Bonchev–Trinajstić information content (AvgIpc) is 2.21. The smallest absolute Gasteiger partial charge is 0.303 e. The van der Waals surface area contributed by atoms with Crippen LogP contribution >= 0.6 is 11.8 Å². The summed E-state index contributed by atoms with van der Waals surface area (Å²) in [7, 11) is 1.68. The fourth-order valence-electron chi connectivity index (χ4n) is 1.02. The molecule has 0 aromatic carbocycles. The minimum atomic E-state index is -0.926. The predicted octanol–water partition coefficient (Wildman–Crippen LogP) is -0.0001000. The van der Waals surface area contributed by atoms with Crippen molar-refractivity contribution in [2.45, 2.75) is 18.9 Å². The van der Waals surface area contributed by atoms with Crippen molar-refractivity contribution in [1.82, 2.24) is 4.90 Å². The van der Waals surface area contributed by atoms with E-state index in [4.69, 9.17) is 10.8 Å². The topological polar surface area (TPSA) is 83.6 Å². The summed E-state index contributed by atoms with van der Waals surface area (Å²) in [6.45, 7) is 0.640. The number of hydrogen-bond acceptors (Lipinski definition) is 4. The van der Waals surface area contributed by atoms with E-state index >= 15 is 0 Å². The molecule has 0 spiro atoms. The molecule has 0 aromatic heterocycles. The zero-order chi connectivity index (χ0) is 11.8. The number of aliphatic carboxylic acids is 1. The molecule has 1 unspecified atom stereocenters. The van der Waals surface area contributed by atoms with E-state index in [9.17, 15) is 9.59 Å². The lowest BCUT2D eigenvalue weighted by molar-refractivity contribution is -0.137. The Labute approximate surface area is 94.0 Å². The van der Waals surface area contributed by atoms with Crippen LogP contribution in [0.4, 0.5) is 0 Å². The molecule has 0 saturated carbocycles. The summed E-state index contributed by atoms with van der Waals surface area (Å²) in [5.74, 6) is -0.260. The van der Waals surface area contributed by atoms with E-state index in [0.29, 0.717) is 6.54 Å². The van der Waals surface area contributed by atoms with Gasteiger partial charge in [0.05, 0.1) is 6.04 Å². The normalized spacial score (nSPS) is 12.2. The number of rotatable bonds is 7. The van der Waals surface area contributed by atoms with Gasteiger partial charge in [0.1, 0.15) is 0 Å². The van der Waals surface area contributed by atoms with Crippen LogP contribution in [0.15, 0.2) is 0 Å². The Bertz CT molecular complexity index is 223. The molecule has 3 N–H and O–H groups in total. The number of carbonyl (C=O) groups excluding carboxylic acids is 1. The second-order valence-corrected chi connectivity index (χ2v) is 4.28. The van der Waals surface area contributed by atoms with Gasteiger partial charge in [0.15, 0.2) is 0 Å². The maximum Gasteiger partial charge on any atom is 0.303 e. The van der Waals surface area contributed by atoms with Crippen LogP contribution in [0.25, 0.3) is 0 Å². The lowest BCUT2D eigenvalue weighted by Gasteiger charge is -2.20. The number of thioether (sulfide) groups is 1. The maximum atomic E-state index is 11.6. The van der Waals surface area contributed by atoms with Crippen molar-refractivity contribution in [2.75, 3.05) is 25.6 Å². The van der Waals surface area contributed by atoms with Crippen molar-refractivity contribution in [3.8, 4) is 0 Å². The maximum absolute atomic E-state index is 11.6. The van der Waals surface area contributed by atoms with Crippen LogP contribution in [0.2, 0.25) is 0 Å². The third kappa shape index (κ3) is 6.35. The molecule has 0 radical (unpaired) electrons. The summed E-state index contributed by atoms with van der Waals surface area (Å²) in [6.07, 6.45) is 2.09. The molecular formula is C9H18N2O3S. The molecule has 1 atom stereocenters. The van der Waals surface area contributed by atoms with E-state index in [1.165, 1.54) is 0 Å². The number of amides is 1. The molecule has 88 valence electrons. The van der Waals surface area contributed by atoms with Crippen LogP contribution in [0.1, 0.15) is 12.8 Å². The van der Waals surface area contributed by atoms with Crippen molar-refractivity contribution in [2.24, 2.45) is 5.73 Å². The predicted molar refractivity (Wildman–Crippen MR) is 60.9 cm³/mol. The second-order valence-electron chi connectivity index (χ2n) is 3.29. The molecular weight excluding hydrogens is 216 g/mol. The molecule has 0 bridgehead atoms. The highest BCUT2D eigenvalue weighted by Crippen LogP contribution is 2.00. The minimum Gasteiger partial charge on any atom is -0.481 e. The standard InChI is InChI=1S/C9H18N2O3S/c1-11(5-6-15-2)9(14)7(10)3-4-8(12)13/h7H,3-6,10H2,1-2H3,(H,12,13). The molecule has 0 saturated heterocycles. The highest BCUT2D eigenvalue weighted by molar-refractivity contribution is 7.98. The van der Waals surface area contributed by atoms with Gasteiger partial charge in [-0.25, -0.2) is 0 Å². The molecule has 0 aliphatic rings. The Morgan fingerprint density at radius 2 is 2.13 bits per heavy atom. The first-order valence-corrected chi connectivity index (χ1v) is 6.09. The highest BCUT2D eigenvalue weighted by Gasteiger charge is 2.18. The Morgan fingerprint density at radius 1 is 1.53 bits per heavy atom. The van der Waals surface area contributed by atoms with Crippen molar-refractivity contribution in [1.29, 1.82) is 0 Å². The number of carbonyl (C=O) groups is 2. The quantitative estimate of drug-likeness (QED) is 0.648. The number of nitrogens with zero attached hydrogens (tertiary/aromatic N) is 1. The van der Waals surface area contributed by atoms with E-state index in [-0.39, 0.29) is 18.7 Å². The van der Waals surface area contributed by atoms with Crippen LogP contribution in [0, 0.1) is 0 Å². The molecule has 0 fully saturated rings. The highest BCUT2D eigenvalue weighted by atomic mass is 32.2. The van der Waals surface area contributed by atoms with Gasteiger partial charge in [0, 0.05) is 25.8 Å². The zero-order valence-electron chi connectivity index (χ0n) is 9.10. The first kappa shape index (κ1) is 14.2. The van der Waals surface area contributed by atoms with Gasteiger partial charge in [-0.15, -0.1) is 0 Å². The number of carboxylic acid groups (broad SMARTS) is 1. The van der Waals surface area contributed by atoms with Gasteiger partial charge in [0.25, 0.3) is 0 Å². The van der Waals surface area contributed by atoms with Crippen LogP contribution in [-0.2, 0) is 9.59 Å². The molecule has 0 aliphatic heterocycles. The average molecular weight is 234 g/mol. The van der Waals surface area contributed by atoms with E-state index in [0.717, 1.165) is 5.75 Å². The van der Waals surface area contributed by atoms with Crippen LogP contribution in [-0.4, -0.2) is 53.5 Å². The number of hydrogen-bond donors (Lipinski definition) is 2. The van der Waals surface area contributed by atoms with Gasteiger partial charge < -0.3 is 15.7 Å². The van der Waals surface area contributed by atoms with E-state index in [2.05, 4.69) is 0 Å². The summed E-state index contributed by atoms with van der Waals surface area (Å²) in [4.78, 5) is 23.4. The molecule has 0 heterocycles. The Kier molecular flexibility index (Phi) is 7.15. The van der Waals surface area contributed by atoms with Gasteiger partial charge in [0.2, 0.25) is 5.91 Å². The molecule has 0 aliphatic carbocycles. The van der Waals surface area contributed by atoms with Crippen LogP contribution < -0.4 is 5.73 Å². The molecule has 5 nitrogen and oxygen atoms in total.